The lowest BCUT2D eigenvalue weighted by atomic mass is 9.76. The maximum Gasteiger partial charge on any atom is 0.201 e. The number of allylic oxidation sites excluding steroid dienone is 2. The third kappa shape index (κ3) is 5.06. The van der Waals surface area contributed by atoms with Crippen LogP contribution in [0, 0.1) is 23.5 Å². The number of hydrogen-bond donors (Lipinski definition) is 0. The molecule has 1 saturated heterocycles. The molecule has 172 valence electrons. The molecule has 1 aliphatic heterocycles. The molecule has 2 atom stereocenters. The van der Waals surface area contributed by atoms with Gasteiger partial charge >= 0.3 is 0 Å². The van der Waals surface area contributed by atoms with E-state index in [1.165, 1.54) is 37.3 Å². The molecule has 0 N–H and O–H groups in total. The Morgan fingerprint density at radius 2 is 1.69 bits per heavy atom. The van der Waals surface area contributed by atoms with Crippen molar-refractivity contribution in [3.05, 3.63) is 65.7 Å². The topological polar surface area (TPSA) is 18.5 Å². The number of rotatable bonds is 6. The second kappa shape index (κ2) is 10.6. The molecule has 32 heavy (non-hydrogen) atoms. The fraction of sp³-hybridized carbons (Fsp3) is 0.500. The monoisotopic (exact) mass is 440 g/mol. The maximum absolute atomic E-state index is 14.5. The number of ether oxygens (including phenoxy) is 2. The van der Waals surface area contributed by atoms with Gasteiger partial charge in [0.2, 0.25) is 5.82 Å². The molecule has 1 aliphatic carbocycles. The van der Waals surface area contributed by atoms with Gasteiger partial charge in [-0.3, -0.25) is 0 Å². The van der Waals surface area contributed by atoms with Crippen molar-refractivity contribution in [1.82, 2.24) is 0 Å². The van der Waals surface area contributed by atoms with Crippen molar-refractivity contribution in [3.8, 4) is 16.9 Å². The van der Waals surface area contributed by atoms with Crippen LogP contribution in [0.15, 0.2) is 48.6 Å². The van der Waals surface area contributed by atoms with E-state index < -0.39 is 11.6 Å². The van der Waals surface area contributed by atoms with E-state index in [2.05, 4.69) is 19.1 Å². The molecule has 2 fully saturated rings. The van der Waals surface area contributed by atoms with E-state index in [0.29, 0.717) is 30.1 Å². The third-order valence-electron chi connectivity index (χ3n) is 7.16. The average Bonchev–Trinajstić information content (AvgIpc) is 2.83. The zero-order valence-electron chi connectivity index (χ0n) is 19.2. The van der Waals surface area contributed by atoms with Crippen molar-refractivity contribution < 1.29 is 18.3 Å². The van der Waals surface area contributed by atoms with Crippen molar-refractivity contribution in [2.75, 3.05) is 13.2 Å². The smallest absolute Gasteiger partial charge is 0.201 e. The summed E-state index contributed by atoms with van der Waals surface area (Å²) in [7, 11) is 0. The standard InChI is InChI=1S/C28H34F2O2/c1-3-5-19-6-8-22(9-7-19)25-16-14-23(18-32-25)20-10-12-21(13-11-20)24-15-17-26(31-4-2)28(30)27(24)29/h3,5,10-13,15,17,19,22-23,25H,4,6-9,14,16,18H2,1-2H3/b5-3+. The summed E-state index contributed by atoms with van der Waals surface area (Å²) in [5.41, 5.74) is 2.13. The molecule has 2 aliphatic rings. The Balaban J connectivity index is 1.35. The van der Waals surface area contributed by atoms with E-state index in [-0.39, 0.29) is 11.3 Å². The molecular formula is C28H34F2O2. The van der Waals surface area contributed by atoms with E-state index in [1.807, 2.05) is 24.3 Å². The van der Waals surface area contributed by atoms with Gasteiger partial charge in [0.05, 0.1) is 19.3 Å². The summed E-state index contributed by atoms with van der Waals surface area (Å²) in [5, 5.41) is 0. The molecule has 0 radical (unpaired) electrons. The van der Waals surface area contributed by atoms with Gasteiger partial charge in [0.25, 0.3) is 0 Å². The van der Waals surface area contributed by atoms with E-state index in [0.717, 1.165) is 25.4 Å². The highest BCUT2D eigenvalue weighted by Crippen LogP contribution is 2.39. The molecule has 2 unspecified atom stereocenters. The highest BCUT2D eigenvalue weighted by Gasteiger charge is 2.31. The van der Waals surface area contributed by atoms with E-state index in [4.69, 9.17) is 9.47 Å². The Morgan fingerprint density at radius 3 is 2.31 bits per heavy atom. The minimum absolute atomic E-state index is 0.0467. The lowest BCUT2D eigenvalue weighted by Crippen LogP contribution is -2.33. The van der Waals surface area contributed by atoms with Crippen LogP contribution in [0.1, 0.15) is 63.9 Å². The van der Waals surface area contributed by atoms with Crippen LogP contribution in [0.5, 0.6) is 5.75 Å². The van der Waals surface area contributed by atoms with Gasteiger partial charge in [-0.2, -0.15) is 4.39 Å². The third-order valence-corrected chi connectivity index (χ3v) is 7.16. The second-order valence-electron chi connectivity index (χ2n) is 9.14. The molecule has 2 aromatic carbocycles. The Labute approximate surface area is 190 Å². The zero-order valence-corrected chi connectivity index (χ0v) is 19.2. The van der Waals surface area contributed by atoms with Crippen molar-refractivity contribution in [3.63, 3.8) is 0 Å². The van der Waals surface area contributed by atoms with Crippen molar-refractivity contribution in [1.29, 1.82) is 0 Å². The Morgan fingerprint density at radius 1 is 0.938 bits per heavy atom. The van der Waals surface area contributed by atoms with Crippen LogP contribution in [0.2, 0.25) is 0 Å². The molecule has 2 nitrogen and oxygen atoms in total. The molecule has 2 aromatic rings. The molecule has 1 heterocycles. The summed E-state index contributed by atoms with van der Waals surface area (Å²) in [5.74, 6) is -0.0371. The van der Waals surface area contributed by atoms with Gasteiger partial charge in [-0.1, -0.05) is 36.4 Å². The molecule has 0 amide bonds. The highest BCUT2D eigenvalue weighted by atomic mass is 19.2. The van der Waals surface area contributed by atoms with Gasteiger partial charge < -0.3 is 9.47 Å². The lowest BCUT2D eigenvalue weighted by Gasteiger charge is -2.37. The maximum atomic E-state index is 14.5. The van der Waals surface area contributed by atoms with Crippen LogP contribution in [0.4, 0.5) is 8.78 Å². The summed E-state index contributed by atoms with van der Waals surface area (Å²) in [6, 6.07) is 10.9. The van der Waals surface area contributed by atoms with Crippen molar-refractivity contribution in [2.45, 2.75) is 64.4 Å². The van der Waals surface area contributed by atoms with Gasteiger partial charge in [0.1, 0.15) is 0 Å². The van der Waals surface area contributed by atoms with Crippen LogP contribution >= 0.6 is 0 Å². The largest absolute Gasteiger partial charge is 0.491 e. The normalized spacial score (nSPS) is 26.4. The van der Waals surface area contributed by atoms with Crippen LogP contribution in [-0.2, 0) is 4.74 Å². The van der Waals surface area contributed by atoms with Crippen LogP contribution in [0.3, 0.4) is 0 Å². The predicted molar refractivity (Wildman–Crippen MR) is 125 cm³/mol. The Hall–Kier alpha value is -2.20. The van der Waals surface area contributed by atoms with Crippen LogP contribution in [0.25, 0.3) is 11.1 Å². The molecule has 0 bridgehead atoms. The first-order valence-corrected chi connectivity index (χ1v) is 12.1. The highest BCUT2D eigenvalue weighted by molar-refractivity contribution is 5.65. The van der Waals surface area contributed by atoms with E-state index in [9.17, 15) is 8.78 Å². The number of hydrogen-bond acceptors (Lipinski definition) is 2. The van der Waals surface area contributed by atoms with Gasteiger partial charge in [-0.15, -0.1) is 0 Å². The molecule has 4 rings (SSSR count). The Kier molecular flexibility index (Phi) is 7.62. The quantitative estimate of drug-likeness (QED) is 0.429. The SMILES string of the molecule is C/C=C/C1CCC(C2CCC(c3ccc(-c4ccc(OCC)c(F)c4F)cc3)CO2)CC1. The lowest BCUT2D eigenvalue weighted by molar-refractivity contribution is -0.0419. The number of halogens is 2. The average molecular weight is 441 g/mol. The summed E-state index contributed by atoms with van der Waals surface area (Å²) < 4.78 is 40.2. The summed E-state index contributed by atoms with van der Waals surface area (Å²) in [6.45, 7) is 4.89. The first-order chi connectivity index (χ1) is 15.6. The second-order valence-corrected chi connectivity index (χ2v) is 9.14. The summed E-state index contributed by atoms with van der Waals surface area (Å²) >= 11 is 0. The molecule has 1 saturated carbocycles. The molecule has 4 heteroatoms. The molecular weight excluding hydrogens is 406 g/mol. The van der Waals surface area contributed by atoms with Crippen molar-refractivity contribution in [2.24, 2.45) is 11.8 Å². The van der Waals surface area contributed by atoms with Gasteiger partial charge in [-0.25, -0.2) is 4.39 Å². The minimum atomic E-state index is -0.931. The van der Waals surface area contributed by atoms with Crippen LogP contribution in [-0.4, -0.2) is 19.3 Å². The fourth-order valence-corrected chi connectivity index (χ4v) is 5.34. The van der Waals surface area contributed by atoms with Crippen LogP contribution < -0.4 is 4.74 Å². The van der Waals surface area contributed by atoms with E-state index >= 15 is 0 Å². The predicted octanol–water partition coefficient (Wildman–Crippen LogP) is 7.68. The van der Waals surface area contributed by atoms with Gasteiger partial charge in [-0.05, 0) is 87.5 Å². The molecule has 0 spiro atoms. The summed E-state index contributed by atoms with van der Waals surface area (Å²) in [4.78, 5) is 0. The van der Waals surface area contributed by atoms with Gasteiger partial charge in [0.15, 0.2) is 11.6 Å². The molecule has 0 aromatic heterocycles. The van der Waals surface area contributed by atoms with E-state index in [1.54, 1.807) is 13.0 Å². The first-order valence-electron chi connectivity index (χ1n) is 12.1. The number of benzene rings is 2. The van der Waals surface area contributed by atoms with Crippen molar-refractivity contribution >= 4 is 0 Å². The minimum Gasteiger partial charge on any atom is -0.491 e. The Bertz CT molecular complexity index is 906. The zero-order chi connectivity index (χ0) is 22.5. The first kappa shape index (κ1) is 23.0. The van der Waals surface area contributed by atoms with Gasteiger partial charge in [0, 0.05) is 11.5 Å². The fourth-order valence-electron chi connectivity index (χ4n) is 5.34. The summed E-state index contributed by atoms with van der Waals surface area (Å²) in [6.07, 6.45) is 12.2.